The van der Waals surface area contributed by atoms with Crippen molar-refractivity contribution >= 4 is 33.2 Å². The number of benzene rings is 1. The van der Waals surface area contributed by atoms with Crippen LogP contribution in [0.15, 0.2) is 41.0 Å². The van der Waals surface area contributed by atoms with Crippen molar-refractivity contribution in [3.63, 3.8) is 0 Å². The predicted octanol–water partition coefficient (Wildman–Crippen LogP) is 4.20. The first kappa shape index (κ1) is 12.8. The molecular weight excluding hydrogens is 323 g/mol. The second-order valence-electron chi connectivity index (χ2n) is 3.30. The molecule has 0 fully saturated rings. The molecule has 0 aliphatic carbocycles. The van der Waals surface area contributed by atoms with Gasteiger partial charge >= 0.3 is 0 Å². The fourth-order valence-electron chi connectivity index (χ4n) is 1.25. The van der Waals surface area contributed by atoms with Gasteiger partial charge in [-0.1, -0.05) is 17.7 Å². The molecular formula is C11H6BrClN2O3. The number of aromatic nitrogens is 1. The molecule has 0 atom stereocenters. The summed E-state index contributed by atoms with van der Waals surface area (Å²) in [4.78, 5) is 14.1. The molecule has 92 valence electrons. The molecule has 2 rings (SSSR count). The van der Waals surface area contributed by atoms with Crippen LogP contribution in [-0.2, 0) is 0 Å². The monoisotopic (exact) mass is 328 g/mol. The van der Waals surface area contributed by atoms with Crippen molar-refractivity contribution in [1.82, 2.24) is 4.98 Å². The lowest BCUT2D eigenvalue weighted by molar-refractivity contribution is -0.384. The standard InChI is InChI=1S/C11H6BrClN2O3/c12-7-4-10(13)11(14-6-7)18-9-3-1-2-8(5-9)15(16)17/h1-6H. The van der Waals surface area contributed by atoms with E-state index >= 15 is 0 Å². The predicted molar refractivity (Wildman–Crippen MR) is 70.1 cm³/mol. The Bertz CT molecular complexity index is 607. The Kier molecular flexibility index (Phi) is 3.78. The minimum absolute atomic E-state index is 0.0549. The Morgan fingerprint density at radius 3 is 2.83 bits per heavy atom. The third-order valence-corrected chi connectivity index (χ3v) is 2.72. The van der Waals surface area contributed by atoms with Crippen LogP contribution in [0.1, 0.15) is 0 Å². The van der Waals surface area contributed by atoms with E-state index < -0.39 is 4.92 Å². The largest absolute Gasteiger partial charge is 0.437 e. The van der Waals surface area contributed by atoms with Crippen molar-refractivity contribution in [1.29, 1.82) is 0 Å². The summed E-state index contributed by atoms with van der Waals surface area (Å²) in [5.41, 5.74) is -0.0549. The van der Waals surface area contributed by atoms with E-state index in [1.165, 1.54) is 24.4 Å². The zero-order valence-corrected chi connectivity index (χ0v) is 11.2. The maximum atomic E-state index is 10.6. The third-order valence-electron chi connectivity index (χ3n) is 2.02. The zero-order chi connectivity index (χ0) is 13.1. The van der Waals surface area contributed by atoms with Crippen molar-refractivity contribution in [3.05, 3.63) is 56.1 Å². The van der Waals surface area contributed by atoms with E-state index in [2.05, 4.69) is 20.9 Å². The third kappa shape index (κ3) is 2.96. The number of rotatable bonds is 3. The Morgan fingerprint density at radius 1 is 1.39 bits per heavy atom. The van der Waals surface area contributed by atoms with Crippen LogP contribution in [-0.4, -0.2) is 9.91 Å². The fraction of sp³-hybridized carbons (Fsp3) is 0. The van der Waals surface area contributed by atoms with Gasteiger partial charge in [0, 0.05) is 16.7 Å². The summed E-state index contributed by atoms with van der Waals surface area (Å²) in [6.45, 7) is 0. The minimum atomic E-state index is -0.497. The first-order valence-corrected chi connectivity index (χ1v) is 5.97. The van der Waals surface area contributed by atoms with E-state index in [9.17, 15) is 10.1 Å². The second-order valence-corrected chi connectivity index (χ2v) is 4.62. The summed E-state index contributed by atoms with van der Waals surface area (Å²) in [7, 11) is 0. The molecule has 0 saturated heterocycles. The minimum Gasteiger partial charge on any atom is -0.437 e. The van der Waals surface area contributed by atoms with Gasteiger partial charge in [-0.25, -0.2) is 4.98 Å². The van der Waals surface area contributed by atoms with Gasteiger partial charge in [-0.15, -0.1) is 0 Å². The highest BCUT2D eigenvalue weighted by Gasteiger charge is 2.09. The molecule has 7 heteroatoms. The van der Waals surface area contributed by atoms with E-state index in [0.29, 0.717) is 10.8 Å². The number of nitro benzene ring substituents is 1. The van der Waals surface area contributed by atoms with Crippen LogP contribution in [0.3, 0.4) is 0 Å². The lowest BCUT2D eigenvalue weighted by atomic mass is 10.3. The van der Waals surface area contributed by atoms with Gasteiger partial charge in [-0.05, 0) is 28.1 Å². The van der Waals surface area contributed by atoms with Crippen LogP contribution >= 0.6 is 27.5 Å². The summed E-state index contributed by atoms with van der Waals surface area (Å²) < 4.78 is 6.11. The summed E-state index contributed by atoms with van der Waals surface area (Å²) in [5.74, 6) is 0.501. The van der Waals surface area contributed by atoms with Gasteiger partial charge in [0.05, 0.1) is 11.0 Å². The van der Waals surface area contributed by atoms with Gasteiger partial charge in [0.15, 0.2) is 0 Å². The van der Waals surface area contributed by atoms with Crippen LogP contribution in [0.5, 0.6) is 11.6 Å². The SMILES string of the molecule is O=[N+]([O-])c1cccc(Oc2ncc(Br)cc2Cl)c1. The molecule has 2 aromatic rings. The van der Waals surface area contributed by atoms with Crippen LogP contribution in [0.2, 0.25) is 5.02 Å². The van der Waals surface area contributed by atoms with E-state index in [4.69, 9.17) is 16.3 Å². The molecule has 0 saturated carbocycles. The molecule has 0 unspecified atom stereocenters. The van der Waals surface area contributed by atoms with Crippen molar-refractivity contribution in [2.24, 2.45) is 0 Å². The number of ether oxygens (including phenoxy) is 1. The lowest BCUT2D eigenvalue weighted by Gasteiger charge is -2.06. The molecule has 0 bridgehead atoms. The van der Waals surface area contributed by atoms with Gasteiger partial charge < -0.3 is 4.74 Å². The normalized spacial score (nSPS) is 10.1. The van der Waals surface area contributed by atoms with Crippen molar-refractivity contribution in [3.8, 4) is 11.6 Å². The quantitative estimate of drug-likeness (QED) is 0.625. The highest BCUT2D eigenvalue weighted by atomic mass is 79.9. The Morgan fingerprint density at radius 2 is 2.17 bits per heavy atom. The average Bonchev–Trinajstić information content (AvgIpc) is 2.33. The lowest BCUT2D eigenvalue weighted by Crippen LogP contribution is -1.91. The first-order valence-electron chi connectivity index (χ1n) is 4.79. The van der Waals surface area contributed by atoms with E-state index in [1.807, 2.05) is 0 Å². The number of halogens is 2. The van der Waals surface area contributed by atoms with Crippen molar-refractivity contribution in [2.45, 2.75) is 0 Å². The molecule has 1 aromatic heterocycles. The molecule has 1 heterocycles. The van der Waals surface area contributed by atoms with Crippen molar-refractivity contribution < 1.29 is 9.66 Å². The molecule has 0 spiro atoms. The molecule has 0 amide bonds. The maximum Gasteiger partial charge on any atom is 0.273 e. The van der Waals surface area contributed by atoms with Gasteiger partial charge in [0.2, 0.25) is 5.88 Å². The highest BCUT2D eigenvalue weighted by molar-refractivity contribution is 9.10. The average molecular weight is 330 g/mol. The first-order chi connectivity index (χ1) is 8.56. The Hall–Kier alpha value is -1.66. The van der Waals surface area contributed by atoms with E-state index in [-0.39, 0.29) is 11.6 Å². The molecule has 0 N–H and O–H groups in total. The Balaban J connectivity index is 2.28. The molecule has 0 radical (unpaired) electrons. The van der Waals surface area contributed by atoms with Crippen molar-refractivity contribution in [2.75, 3.05) is 0 Å². The van der Waals surface area contributed by atoms with Crippen LogP contribution in [0.25, 0.3) is 0 Å². The highest BCUT2D eigenvalue weighted by Crippen LogP contribution is 2.30. The van der Waals surface area contributed by atoms with Gasteiger partial charge in [-0.3, -0.25) is 10.1 Å². The summed E-state index contributed by atoms with van der Waals surface area (Å²) in [6.07, 6.45) is 1.53. The number of nitro groups is 1. The second kappa shape index (κ2) is 5.32. The number of hydrogen-bond acceptors (Lipinski definition) is 4. The molecule has 0 aliphatic rings. The fourth-order valence-corrected chi connectivity index (χ4v) is 1.92. The van der Waals surface area contributed by atoms with Crippen LogP contribution < -0.4 is 4.74 Å². The van der Waals surface area contributed by atoms with Gasteiger partial charge in [0.25, 0.3) is 5.69 Å². The Labute approximate surface area is 116 Å². The summed E-state index contributed by atoms with van der Waals surface area (Å²) in [5, 5.41) is 10.9. The van der Waals surface area contributed by atoms with Gasteiger partial charge in [0.1, 0.15) is 10.8 Å². The number of non-ortho nitro benzene ring substituents is 1. The molecule has 5 nitrogen and oxygen atoms in total. The molecule has 0 aliphatic heterocycles. The zero-order valence-electron chi connectivity index (χ0n) is 8.84. The molecule has 18 heavy (non-hydrogen) atoms. The van der Waals surface area contributed by atoms with E-state index in [1.54, 1.807) is 12.1 Å². The van der Waals surface area contributed by atoms with E-state index in [0.717, 1.165) is 4.47 Å². The maximum absolute atomic E-state index is 10.6. The topological polar surface area (TPSA) is 65.3 Å². The molecule has 1 aromatic carbocycles. The number of nitrogens with zero attached hydrogens (tertiary/aromatic N) is 2. The van der Waals surface area contributed by atoms with Crippen LogP contribution in [0, 0.1) is 10.1 Å². The summed E-state index contributed by atoms with van der Waals surface area (Å²) >= 11 is 9.15. The van der Waals surface area contributed by atoms with Gasteiger partial charge in [-0.2, -0.15) is 0 Å². The van der Waals surface area contributed by atoms with Crippen LogP contribution in [0.4, 0.5) is 5.69 Å². The number of pyridine rings is 1. The number of hydrogen-bond donors (Lipinski definition) is 0. The smallest absolute Gasteiger partial charge is 0.273 e. The summed E-state index contributed by atoms with van der Waals surface area (Å²) in [6, 6.07) is 7.43.